The van der Waals surface area contributed by atoms with E-state index >= 15 is 0 Å². The molecular weight excluding hydrogens is 260 g/mol. The van der Waals surface area contributed by atoms with Gasteiger partial charge in [-0.3, -0.25) is 9.69 Å². The summed E-state index contributed by atoms with van der Waals surface area (Å²) in [6.07, 6.45) is 3.34. The fourth-order valence-corrected chi connectivity index (χ4v) is 3.93. The summed E-state index contributed by atoms with van der Waals surface area (Å²) in [4.78, 5) is 16.7. The number of hydrogen-bond donors (Lipinski definition) is 0. The molecule has 1 aromatic rings. The van der Waals surface area contributed by atoms with Gasteiger partial charge in [-0.25, -0.2) is 0 Å². The van der Waals surface area contributed by atoms with Crippen molar-refractivity contribution in [2.75, 3.05) is 20.1 Å². The van der Waals surface area contributed by atoms with E-state index < -0.39 is 0 Å². The van der Waals surface area contributed by atoms with Crippen LogP contribution in [0.3, 0.4) is 0 Å². The molecule has 2 atom stereocenters. The van der Waals surface area contributed by atoms with Gasteiger partial charge in [-0.15, -0.1) is 21.5 Å². The van der Waals surface area contributed by atoms with Gasteiger partial charge in [0, 0.05) is 26.2 Å². The number of nitrogens with zero attached hydrogens (tertiary/aromatic N) is 4. The first kappa shape index (κ1) is 13.0. The number of amides is 1. The highest BCUT2D eigenvalue weighted by Gasteiger charge is 2.36. The summed E-state index contributed by atoms with van der Waals surface area (Å²) in [5, 5.41) is 10.3. The molecule has 1 amide bonds. The number of rotatable bonds is 2. The van der Waals surface area contributed by atoms with Crippen LogP contribution in [0.15, 0.2) is 0 Å². The van der Waals surface area contributed by atoms with E-state index in [9.17, 15) is 4.79 Å². The molecule has 3 heterocycles. The Balaban J connectivity index is 1.76. The second-order valence-corrected chi connectivity index (χ2v) is 6.91. The first-order valence-corrected chi connectivity index (χ1v) is 7.73. The van der Waals surface area contributed by atoms with Crippen LogP contribution in [-0.2, 0) is 11.3 Å². The third-order valence-corrected chi connectivity index (χ3v) is 5.03. The van der Waals surface area contributed by atoms with Gasteiger partial charge in [0.25, 0.3) is 0 Å². The van der Waals surface area contributed by atoms with Crippen molar-refractivity contribution in [3.63, 3.8) is 0 Å². The second-order valence-electron chi connectivity index (χ2n) is 5.64. The van der Waals surface area contributed by atoms with Gasteiger partial charge >= 0.3 is 0 Å². The van der Waals surface area contributed by atoms with Crippen LogP contribution < -0.4 is 0 Å². The van der Waals surface area contributed by atoms with E-state index in [0.717, 1.165) is 42.5 Å². The second kappa shape index (κ2) is 5.17. The van der Waals surface area contributed by atoms with Crippen molar-refractivity contribution >= 4 is 17.2 Å². The van der Waals surface area contributed by atoms with Gasteiger partial charge in [-0.2, -0.15) is 0 Å². The van der Waals surface area contributed by atoms with Crippen molar-refractivity contribution in [3.8, 4) is 0 Å². The average Bonchev–Trinajstić information content (AvgIpc) is 2.66. The first-order valence-electron chi connectivity index (χ1n) is 6.91. The van der Waals surface area contributed by atoms with Gasteiger partial charge in [0.05, 0.1) is 12.5 Å². The number of aromatic nitrogens is 2. The molecule has 6 heteroatoms. The van der Waals surface area contributed by atoms with E-state index in [4.69, 9.17) is 0 Å². The fraction of sp³-hybridized carbons (Fsp3) is 0.769. The third-order valence-electron chi connectivity index (χ3n) is 4.21. The Hall–Kier alpha value is -1.01. The van der Waals surface area contributed by atoms with Crippen molar-refractivity contribution < 1.29 is 4.79 Å². The van der Waals surface area contributed by atoms with Crippen molar-refractivity contribution in [3.05, 3.63) is 10.0 Å². The molecule has 0 unspecified atom stereocenters. The van der Waals surface area contributed by atoms with Gasteiger partial charge in [-0.1, -0.05) is 6.42 Å². The molecule has 0 aromatic carbocycles. The van der Waals surface area contributed by atoms with Crippen LogP contribution in [0.1, 0.15) is 29.3 Å². The van der Waals surface area contributed by atoms with Crippen molar-refractivity contribution in [2.24, 2.45) is 5.92 Å². The molecule has 1 aromatic heterocycles. The molecule has 0 N–H and O–H groups in total. The van der Waals surface area contributed by atoms with Gasteiger partial charge in [0.1, 0.15) is 10.0 Å². The highest BCUT2D eigenvalue weighted by atomic mass is 32.1. The SMILES string of the molecule is Cc1nnc(CN2C[C@H]3CCC[C@@H](C2)N(C)C3=O)s1. The van der Waals surface area contributed by atoms with Crippen molar-refractivity contribution in [1.82, 2.24) is 20.0 Å². The van der Waals surface area contributed by atoms with Crippen LogP contribution in [0.2, 0.25) is 0 Å². The Morgan fingerprint density at radius 2 is 2.16 bits per heavy atom. The zero-order valence-corrected chi connectivity index (χ0v) is 12.3. The lowest BCUT2D eigenvalue weighted by Gasteiger charge is -2.28. The van der Waals surface area contributed by atoms with E-state index in [-0.39, 0.29) is 5.92 Å². The van der Waals surface area contributed by atoms with Crippen LogP contribution in [0, 0.1) is 12.8 Å². The molecule has 2 aliphatic heterocycles. The summed E-state index contributed by atoms with van der Waals surface area (Å²) < 4.78 is 0. The van der Waals surface area contributed by atoms with Gasteiger partial charge in [0.2, 0.25) is 5.91 Å². The Bertz CT molecular complexity index is 475. The minimum Gasteiger partial charge on any atom is -0.341 e. The zero-order valence-electron chi connectivity index (χ0n) is 11.5. The lowest BCUT2D eigenvalue weighted by atomic mass is 9.99. The van der Waals surface area contributed by atoms with Crippen LogP contribution in [0.4, 0.5) is 0 Å². The Morgan fingerprint density at radius 3 is 2.89 bits per heavy atom. The molecule has 5 nitrogen and oxygen atoms in total. The number of carbonyl (C=O) groups is 1. The largest absolute Gasteiger partial charge is 0.341 e. The fourth-order valence-electron chi connectivity index (χ4n) is 3.17. The number of hydrogen-bond acceptors (Lipinski definition) is 5. The number of aryl methyl sites for hydroxylation is 1. The van der Waals surface area contributed by atoms with Crippen LogP contribution in [-0.4, -0.2) is 52.1 Å². The molecular formula is C13H20N4OS. The monoisotopic (exact) mass is 280 g/mol. The van der Waals surface area contributed by atoms with Crippen LogP contribution in [0.5, 0.6) is 0 Å². The number of fused-ring (bicyclic) bond motifs is 3. The topological polar surface area (TPSA) is 49.3 Å². The minimum atomic E-state index is 0.173. The predicted octanol–water partition coefficient (Wildman–Crippen LogP) is 1.29. The summed E-state index contributed by atoms with van der Waals surface area (Å²) in [7, 11) is 1.96. The Kier molecular flexibility index (Phi) is 3.54. The lowest BCUT2D eigenvalue weighted by molar-refractivity contribution is -0.134. The van der Waals surface area contributed by atoms with Crippen LogP contribution >= 0.6 is 11.3 Å². The number of carbonyl (C=O) groups excluding carboxylic acids is 1. The van der Waals surface area contributed by atoms with Crippen LogP contribution in [0.25, 0.3) is 0 Å². The summed E-state index contributed by atoms with van der Waals surface area (Å²) in [6.45, 7) is 4.66. The molecule has 2 bridgehead atoms. The van der Waals surface area contributed by atoms with Crippen molar-refractivity contribution in [2.45, 2.75) is 38.8 Å². The molecule has 0 aliphatic carbocycles. The third kappa shape index (κ3) is 2.65. The zero-order chi connectivity index (χ0) is 13.4. The molecule has 19 heavy (non-hydrogen) atoms. The van der Waals surface area contributed by atoms with Crippen molar-refractivity contribution in [1.29, 1.82) is 0 Å². The molecule has 104 valence electrons. The maximum Gasteiger partial charge on any atom is 0.227 e. The molecule has 2 saturated heterocycles. The minimum absolute atomic E-state index is 0.173. The standard InChI is InChI=1S/C13H20N4OS/c1-9-14-15-12(19-9)8-17-6-10-4-3-5-11(7-17)16(2)13(10)18/h10-11H,3-8H2,1-2H3/t10-,11+/m1/s1. The number of likely N-dealkylation sites (tertiary alicyclic amines) is 1. The van der Waals surface area contributed by atoms with Gasteiger partial charge in [0.15, 0.2) is 0 Å². The first-order chi connectivity index (χ1) is 9.13. The lowest BCUT2D eigenvalue weighted by Crippen LogP contribution is -2.40. The molecule has 0 radical (unpaired) electrons. The summed E-state index contributed by atoms with van der Waals surface area (Å²) in [5.41, 5.74) is 0. The predicted molar refractivity (Wildman–Crippen MR) is 73.8 cm³/mol. The van der Waals surface area contributed by atoms with E-state index in [0.29, 0.717) is 11.9 Å². The van der Waals surface area contributed by atoms with E-state index in [1.165, 1.54) is 6.42 Å². The molecule has 2 fully saturated rings. The quantitative estimate of drug-likeness (QED) is 0.819. The summed E-state index contributed by atoms with van der Waals surface area (Å²) >= 11 is 1.66. The molecule has 0 saturated carbocycles. The maximum atomic E-state index is 12.3. The van der Waals surface area contributed by atoms with Gasteiger partial charge < -0.3 is 4.90 Å². The molecule has 2 aliphatic rings. The summed E-state index contributed by atoms with van der Waals surface area (Å²) in [5.74, 6) is 0.505. The smallest absolute Gasteiger partial charge is 0.227 e. The van der Waals surface area contributed by atoms with E-state index in [1.54, 1.807) is 11.3 Å². The molecule has 3 rings (SSSR count). The number of likely N-dealkylation sites (N-methyl/N-ethyl adjacent to an activating group) is 1. The molecule has 0 spiro atoms. The normalized spacial score (nSPS) is 28.5. The van der Waals surface area contributed by atoms with E-state index in [2.05, 4.69) is 15.1 Å². The highest BCUT2D eigenvalue weighted by Crippen LogP contribution is 2.27. The maximum absolute atomic E-state index is 12.3. The Morgan fingerprint density at radius 1 is 1.32 bits per heavy atom. The average molecular weight is 280 g/mol. The van der Waals surface area contributed by atoms with E-state index in [1.807, 2.05) is 18.9 Å². The Labute approximate surface area is 117 Å². The highest BCUT2D eigenvalue weighted by molar-refractivity contribution is 7.11. The summed E-state index contributed by atoms with van der Waals surface area (Å²) in [6, 6.07) is 0.369. The van der Waals surface area contributed by atoms with Gasteiger partial charge in [-0.05, 0) is 19.8 Å².